The molecule has 1 aromatic heterocycles. The number of furan rings is 1. The van der Waals surface area contributed by atoms with Crippen molar-refractivity contribution in [3.05, 3.63) is 23.7 Å². The average Bonchev–Trinajstić information content (AvgIpc) is 2.58. The number of hydrogen-bond acceptors (Lipinski definition) is 3. The van der Waals surface area contributed by atoms with Crippen LogP contribution in [0.4, 0.5) is 0 Å². The molecule has 80 valence electrons. The van der Waals surface area contributed by atoms with Crippen LogP contribution in [0.2, 0.25) is 0 Å². The summed E-state index contributed by atoms with van der Waals surface area (Å²) in [7, 11) is 0. The maximum absolute atomic E-state index is 5.37. The molecule has 0 bridgehead atoms. The van der Waals surface area contributed by atoms with Crippen LogP contribution in [0.25, 0.3) is 0 Å². The van der Waals surface area contributed by atoms with Gasteiger partial charge in [-0.2, -0.15) is 0 Å². The van der Waals surface area contributed by atoms with E-state index in [9.17, 15) is 0 Å². The van der Waals surface area contributed by atoms with E-state index in [1.165, 1.54) is 0 Å². The zero-order valence-electron chi connectivity index (χ0n) is 9.17. The van der Waals surface area contributed by atoms with Crippen molar-refractivity contribution in [3.8, 4) is 0 Å². The lowest BCUT2D eigenvalue weighted by Gasteiger charge is -2.07. The van der Waals surface area contributed by atoms with Crippen LogP contribution in [0.3, 0.4) is 0 Å². The third kappa shape index (κ3) is 3.52. The zero-order chi connectivity index (χ0) is 10.4. The van der Waals surface area contributed by atoms with Crippen molar-refractivity contribution >= 4 is 0 Å². The van der Waals surface area contributed by atoms with Crippen LogP contribution in [-0.4, -0.2) is 12.6 Å². The van der Waals surface area contributed by atoms with Crippen LogP contribution in [0.15, 0.2) is 16.7 Å². The Morgan fingerprint density at radius 3 is 2.93 bits per heavy atom. The van der Waals surface area contributed by atoms with E-state index in [1.807, 2.05) is 13.0 Å². The van der Waals surface area contributed by atoms with Crippen LogP contribution in [0, 0.1) is 0 Å². The van der Waals surface area contributed by atoms with Crippen molar-refractivity contribution in [3.63, 3.8) is 0 Å². The molecule has 0 fully saturated rings. The van der Waals surface area contributed by atoms with Crippen LogP contribution >= 0.6 is 0 Å². The lowest BCUT2D eigenvalue weighted by molar-refractivity contribution is 0.132. The smallest absolute Gasteiger partial charge is 0.123 e. The molecule has 0 saturated carbocycles. The van der Waals surface area contributed by atoms with Crippen molar-refractivity contribution in [1.82, 2.24) is 5.32 Å². The van der Waals surface area contributed by atoms with Crippen LogP contribution in [0.1, 0.15) is 32.1 Å². The van der Waals surface area contributed by atoms with Gasteiger partial charge in [0, 0.05) is 18.2 Å². The van der Waals surface area contributed by atoms with E-state index in [-0.39, 0.29) is 0 Å². The standard InChI is InChI=1S/C11H19NO2/c1-4-13-8-10-5-6-14-11(10)7-12-9(2)3/h5-6,9,12H,4,7-8H2,1-3H3. The van der Waals surface area contributed by atoms with Gasteiger partial charge in [-0.1, -0.05) is 13.8 Å². The quantitative estimate of drug-likeness (QED) is 0.760. The van der Waals surface area contributed by atoms with Gasteiger partial charge < -0.3 is 14.5 Å². The summed E-state index contributed by atoms with van der Waals surface area (Å²) in [4.78, 5) is 0. The highest BCUT2D eigenvalue weighted by Crippen LogP contribution is 2.11. The van der Waals surface area contributed by atoms with E-state index >= 15 is 0 Å². The second-order valence-corrected chi connectivity index (χ2v) is 3.54. The van der Waals surface area contributed by atoms with E-state index in [2.05, 4.69) is 19.2 Å². The summed E-state index contributed by atoms with van der Waals surface area (Å²) in [6.07, 6.45) is 1.71. The maximum Gasteiger partial charge on any atom is 0.123 e. The molecular formula is C11H19NO2. The lowest BCUT2D eigenvalue weighted by Crippen LogP contribution is -2.22. The summed E-state index contributed by atoms with van der Waals surface area (Å²) >= 11 is 0. The van der Waals surface area contributed by atoms with Gasteiger partial charge in [0.25, 0.3) is 0 Å². The summed E-state index contributed by atoms with van der Waals surface area (Å²) < 4.78 is 10.7. The molecule has 0 unspecified atom stereocenters. The molecule has 14 heavy (non-hydrogen) atoms. The molecule has 0 aromatic carbocycles. The SMILES string of the molecule is CCOCc1ccoc1CNC(C)C. The number of ether oxygens (including phenoxy) is 1. The molecule has 1 N–H and O–H groups in total. The molecule has 3 heteroatoms. The van der Waals surface area contributed by atoms with E-state index in [1.54, 1.807) is 6.26 Å². The summed E-state index contributed by atoms with van der Waals surface area (Å²) in [5, 5.41) is 3.32. The molecule has 0 aliphatic heterocycles. The molecule has 0 aliphatic carbocycles. The van der Waals surface area contributed by atoms with Gasteiger partial charge in [-0.05, 0) is 13.0 Å². The van der Waals surface area contributed by atoms with Crippen molar-refractivity contribution in [1.29, 1.82) is 0 Å². The van der Waals surface area contributed by atoms with E-state index in [0.717, 1.165) is 24.5 Å². The Morgan fingerprint density at radius 2 is 2.29 bits per heavy atom. The topological polar surface area (TPSA) is 34.4 Å². The summed E-state index contributed by atoms with van der Waals surface area (Å²) in [6, 6.07) is 2.44. The Bertz CT molecular complexity index is 256. The second-order valence-electron chi connectivity index (χ2n) is 3.54. The molecule has 0 saturated heterocycles. The molecule has 1 rings (SSSR count). The fourth-order valence-corrected chi connectivity index (χ4v) is 1.16. The molecule has 0 radical (unpaired) electrons. The maximum atomic E-state index is 5.37. The normalized spacial score (nSPS) is 11.1. The van der Waals surface area contributed by atoms with Gasteiger partial charge in [0.15, 0.2) is 0 Å². The number of rotatable bonds is 6. The van der Waals surface area contributed by atoms with E-state index in [4.69, 9.17) is 9.15 Å². The molecule has 3 nitrogen and oxygen atoms in total. The fourth-order valence-electron chi connectivity index (χ4n) is 1.16. The predicted octanol–water partition coefficient (Wildman–Crippen LogP) is 2.31. The Kier molecular flexibility index (Phi) is 4.70. The van der Waals surface area contributed by atoms with Crippen molar-refractivity contribution in [2.45, 2.75) is 40.0 Å². The molecule has 0 atom stereocenters. The van der Waals surface area contributed by atoms with Gasteiger partial charge in [-0.3, -0.25) is 0 Å². The van der Waals surface area contributed by atoms with E-state index < -0.39 is 0 Å². The predicted molar refractivity (Wildman–Crippen MR) is 56.0 cm³/mol. The molecule has 0 aliphatic rings. The lowest BCUT2D eigenvalue weighted by atomic mass is 10.2. The van der Waals surface area contributed by atoms with Gasteiger partial charge in [-0.25, -0.2) is 0 Å². The second kappa shape index (κ2) is 5.83. The Hall–Kier alpha value is -0.800. The Balaban J connectivity index is 2.45. The largest absolute Gasteiger partial charge is 0.468 e. The summed E-state index contributed by atoms with van der Waals surface area (Å²) in [6.45, 7) is 8.37. The monoisotopic (exact) mass is 197 g/mol. The molecular weight excluding hydrogens is 178 g/mol. The minimum atomic E-state index is 0.472. The third-order valence-corrected chi connectivity index (χ3v) is 1.97. The molecule has 1 aromatic rings. The number of nitrogens with one attached hydrogen (secondary N) is 1. The van der Waals surface area contributed by atoms with Crippen molar-refractivity contribution in [2.24, 2.45) is 0 Å². The first kappa shape index (κ1) is 11.3. The van der Waals surface area contributed by atoms with Gasteiger partial charge in [0.05, 0.1) is 19.4 Å². The van der Waals surface area contributed by atoms with Crippen molar-refractivity contribution < 1.29 is 9.15 Å². The van der Waals surface area contributed by atoms with Crippen LogP contribution in [-0.2, 0) is 17.9 Å². The first-order valence-electron chi connectivity index (χ1n) is 5.10. The highest BCUT2D eigenvalue weighted by atomic mass is 16.5. The highest BCUT2D eigenvalue weighted by molar-refractivity contribution is 5.15. The van der Waals surface area contributed by atoms with Gasteiger partial charge in [0.1, 0.15) is 5.76 Å². The Morgan fingerprint density at radius 1 is 1.50 bits per heavy atom. The van der Waals surface area contributed by atoms with Crippen LogP contribution < -0.4 is 5.32 Å². The van der Waals surface area contributed by atoms with Gasteiger partial charge >= 0.3 is 0 Å². The molecule has 1 heterocycles. The fraction of sp³-hybridized carbons (Fsp3) is 0.636. The van der Waals surface area contributed by atoms with Gasteiger partial charge in [0.2, 0.25) is 0 Å². The first-order valence-corrected chi connectivity index (χ1v) is 5.10. The highest BCUT2D eigenvalue weighted by Gasteiger charge is 2.06. The third-order valence-electron chi connectivity index (χ3n) is 1.97. The summed E-state index contributed by atoms with van der Waals surface area (Å²) in [5.74, 6) is 0.979. The zero-order valence-corrected chi connectivity index (χ0v) is 9.17. The molecule has 0 spiro atoms. The first-order chi connectivity index (χ1) is 6.74. The van der Waals surface area contributed by atoms with Crippen molar-refractivity contribution in [2.75, 3.05) is 6.61 Å². The summed E-state index contributed by atoms with van der Waals surface area (Å²) in [5.41, 5.74) is 1.14. The average molecular weight is 197 g/mol. The van der Waals surface area contributed by atoms with Crippen LogP contribution in [0.5, 0.6) is 0 Å². The molecule has 0 amide bonds. The van der Waals surface area contributed by atoms with E-state index in [0.29, 0.717) is 12.6 Å². The number of hydrogen-bond donors (Lipinski definition) is 1. The van der Waals surface area contributed by atoms with Gasteiger partial charge in [-0.15, -0.1) is 0 Å². The minimum absolute atomic E-state index is 0.472. The minimum Gasteiger partial charge on any atom is -0.468 e. The Labute approximate surface area is 85.4 Å².